The summed E-state index contributed by atoms with van der Waals surface area (Å²) in [5.41, 5.74) is 2.05. The second kappa shape index (κ2) is 7.92. The number of carbonyl (C=O) groups excluding carboxylic acids is 1. The first kappa shape index (κ1) is 19.9. The highest BCUT2D eigenvalue weighted by Gasteiger charge is 2.34. The van der Waals surface area contributed by atoms with Gasteiger partial charge in [0.25, 0.3) is 0 Å². The number of nitriles is 1. The molecule has 1 saturated carbocycles. The second-order valence-corrected chi connectivity index (χ2v) is 8.08. The van der Waals surface area contributed by atoms with Gasteiger partial charge in [-0.25, -0.2) is 4.98 Å². The summed E-state index contributed by atoms with van der Waals surface area (Å²) >= 11 is 0. The Morgan fingerprint density at radius 1 is 1.28 bits per heavy atom. The summed E-state index contributed by atoms with van der Waals surface area (Å²) in [7, 11) is 1.78. The van der Waals surface area contributed by atoms with Crippen LogP contribution in [-0.4, -0.2) is 40.8 Å². The van der Waals surface area contributed by atoms with Crippen LogP contribution in [0.2, 0.25) is 0 Å². The molecule has 3 N–H and O–H groups in total. The third-order valence-corrected chi connectivity index (χ3v) is 5.76. The quantitative estimate of drug-likeness (QED) is 0.541. The van der Waals surface area contributed by atoms with Gasteiger partial charge in [0.1, 0.15) is 30.5 Å². The van der Waals surface area contributed by atoms with E-state index in [0.29, 0.717) is 77.2 Å². The van der Waals surface area contributed by atoms with Crippen LogP contribution in [0.1, 0.15) is 25.3 Å². The summed E-state index contributed by atoms with van der Waals surface area (Å²) in [4.78, 5) is 17.1. The average molecular weight is 433 g/mol. The summed E-state index contributed by atoms with van der Waals surface area (Å²) < 4.78 is 13.0. The molecule has 5 rings (SSSR count). The predicted octanol–water partition coefficient (Wildman–Crippen LogP) is 3.14. The van der Waals surface area contributed by atoms with Crippen LogP contribution >= 0.6 is 0 Å². The molecule has 0 spiro atoms. The molecule has 2 aromatic heterocycles. The molecule has 2 aliphatic rings. The summed E-state index contributed by atoms with van der Waals surface area (Å²) in [5, 5.41) is 23.0. The fourth-order valence-corrected chi connectivity index (χ4v) is 3.87. The third kappa shape index (κ3) is 3.73. The van der Waals surface area contributed by atoms with Gasteiger partial charge in [-0.15, -0.1) is 0 Å². The SMILES string of the molecule is CNc1cc(Nc2cc(C#N)cc3c2OCCO3)nc2c(NC(=O)C[C@@H]3C[C@@H]3C)cnn12. The fourth-order valence-electron chi connectivity index (χ4n) is 3.87. The Morgan fingerprint density at radius 2 is 2.09 bits per heavy atom. The van der Waals surface area contributed by atoms with Crippen LogP contribution in [0.15, 0.2) is 24.4 Å². The number of carbonyl (C=O) groups is 1. The molecule has 2 atom stereocenters. The highest BCUT2D eigenvalue weighted by Crippen LogP contribution is 2.41. The number of anilines is 4. The van der Waals surface area contributed by atoms with Crippen molar-refractivity contribution in [2.45, 2.75) is 19.8 Å². The monoisotopic (exact) mass is 433 g/mol. The predicted molar refractivity (Wildman–Crippen MR) is 118 cm³/mol. The van der Waals surface area contributed by atoms with E-state index < -0.39 is 0 Å². The van der Waals surface area contributed by atoms with E-state index in [0.717, 1.165) is 6.42 Å². The molecule has 1 amide bonds. The van der Waals surface area contributed by atoms with E-state index in [2.05, 4.69) is 39.0 Å². The number of hydrogen-bond donors (Lipinski definition) is 3. The van der Waals surface area contributed by atoms with Crippen LogP contribution in [0, 0.1) is 23.2 Å². The van der Waals surface area contributed by atoms with Crippen molar-refractivity contribution in [2.24, 2.45) is 11.8 Å². The lowest BCUT2D eigenvalue weighted by molar-refractivity contribution is -0.116. The van der Waals surface area contributed by atoms with Crippen molar-refractivity contribution in [2.75, 3.05) is 36.2 Å². The topological polar surface area (TPSA) is 126 Å². The van der Waals surface area contributed by atoms with Gasteiger partial charge in [-0.2, -0.15) is 14.9 Å². The summed E-state index contributed by atoms with van der Waals surface area (Å²) in [5.74, 6) is 3.24. The molecule has 32 heavy (non-hydrogen) atoms. The van der Waals surface area contributed by atoms with Gasteiger partial charge in [0, 0.05) is 25.6 Å². The van der Waals surface area contributed by atoms with Crippen LogP contribution in [0.25, 0.3) is 5.65 Å². The van der Waals surface area contributed by atoms with E-state index >= 15 is 0 Å². The molecule has 1 aromatic carbocycles. The van der Waals surface area contributed by atoms with Crippen LogP contribution < -0.4 is 25.4 Å². The number of amides is 1. The second-order valence-electron chi connectivity index (χ2n) is 8.08. The molecule has 3 aromatic rings. The molecular weight excluding hydrogens is 410 g/mol. The standard InChI is InChI=1S/C22H23N7O3/c1-12-5-14(12)8-20(30)27-16-11-25-29-19(24-2)9-18(28-22(16)29)26-15-6-13(10-23)7-17-21(15)32-4-3-31-17/h6-7,9,11-12,14,24H,3-5,8H2,1-2H3,(H,26,28)(H,27,30)/t12-,14-/m0/s1. The van der Waals surface area contributed by atoms with Gasteiger partial charge in [-0.05, 0) is 24.3 Å². The fraction of sp³-hybridized carbons (Fsp3) is 0.364. The summed E-state index contributed by atoms with van der Waals surface area (Å²) in [6.07, 6.45) is 3.19. The minimum absolute atomic E-state index is 0.0400. The van der Waals surface area contributed by atoms with Gasteiger partial charge in [-0.3, -0.25) is 4.79 Å². The lowest BCUT2D eigenvalue weighted by Crippen LogP contribution is -2.16. The van der Waals surface area contributed by atoms with Crippen LogP contribution in [0.3, 0.4) is 0 Å². The molecule has 0 unspecified atom stereocenters. The Bertz CT molecular complexity index is 1250. The number of aromatic nitrogens is 3. The van der Waals surface area contributed by atoms with Crippen LogP contribution in [0.4, 0.5) is 23.0 Å². The van der Waals surface area contributed by atoms with Crippen molar-refractivity contribution >= 4 is 34.6 Å². The van der Waals surface area contributed by atoms with Crippen molar-refractivity contribution in [3.05, 3.63) is 30.0 Å². The van der Waals surface area contributed by atoms with Crippen LogP contribution in [0.5, 0.6) is 11.5 Å². The van der Waals surface area contributed by atoms with Crippen LogP contribution in [-0.2, 0) is 4.79 Å². The molecular formula is C22H23N7O3. The van der Waals surface area contributed by atoms with E-state index in [9.17, 15) is 10.1 Å². The van der Waals surface area contributed by atoms with E-state index in [4.69, 9.17) is 9.47 Å². The number of fused-ring (bicyclic) bond motifs is 2. The first-order valence-corrected chi connectivity index (χ1v) is 10.5. The molecule has 0 saturated heterocycles. The van der Waals surface area contributed by atoms with E-state index in [1.807, 2.05) is 0 Å². The maximum atomic E-state index is 12.4. The molecule has 0 bridgehead atoms. The van der Waals surface area contributed by atoms with E-state index in [1.54, 1.807) is 36.0 Å². The van der Waals surface area contributed by atoms with Crippen molar-refractivity contribution in [3.63, 3.8) is 0 Å². The van der Waals surface area contributed by atoms with Gasteiger partial charge < -0.3 is 25.4 Å². The highest BCUT2D eigenvalue weighted by atomic mass is 16.6. The van der Waals surface area contributed by atoms with E-state index in [-0.39, 0.29) is 5.91 Å². The zero-order valence-corrected chi connectivity index (χ0v) is 17.8. The minimum Gasteiger partial charge on any atom is -0.486 e. The highest BCUT2D eigenvalue weighted by molar-refractivity contribution is 5.95. The molecule has 1 fully saturated rings. The maximum Gasteiger partial charge on any atom is 0.224 e. The molecule has 0 radical (unpaired) electrons. The number of benzene rings is 1. The number of rotatable bonds is 6. The van der Waals surface area contributed by atoms with Gasteiger partial charge in [0.05, 0.1) is 23.5 Å². The van der Waals surface area contributed by atoms with Gasteiger partial charge in [0.2, 0.25) is 5.91 Å². The lowest BCUT2D eigenvalue weighted by Gasteiger charge is -2.22. The summed E-state index contributed by atoms with van der Waals surface area (Å²) in [6.45, 7) is 2.99. The van der Waals surface area contributed by atoms with Gasteiger partial charge in [0.15, 0.2) is 17.1 Å². The maximum absolute atomic E-state index is 12.4. The van der Waals surface area contributed by atoms with Crippen molar-refractivity contribution in [3.8, 4) is 17.6 Å². The Morgan fingerprint density at radius 3 is 2.84 bits per heavy atom. The Kier molecular flexibility index (Phi) is 4.93. The van der Waals surface area contributed by atoms with Crippen molar-refractivity contribution in [1.82, 2.24) is 14.6 Å². The Labute approximate surface area is 184 Å². The average Bonchev–Trinajstić information content (AvgIpc) is 3.34. The smallest absolute Gasteiger partial charge is 0.224 e. The van der Waals surface area contributed by atoms with Crippen molar-refractivity contribution < 1.29 is 14.3 Å². The van der Waals surface area contributed by atoms with Gasteiger partial charge >= 0.3 is 0 Å². The normalized spacial score (nSPS) is 18.7. The van der Waals surface area contributed by atoms with Gasteiger partial charge in [-0.1, -0.05) is 6.92 Å². The molecule has 10 nitrogen and oxygen atoms in total. The minimum atomic E-state index is -0.0400. The largest absolute Gasteiger partial charge is 0.486 e. The van der Waals surface area contributed by atoms with Crippen molar-refractivity contribution in [1.29, 1.82) is 5.26 Å². The first-order chi connectivity index (χ1) is 15.6. The number of nitrogens with one attached hydrogen (secondary N) is 3. The molecule has 10 heteroatoms. The first-order valence-electron chi connectivity index (χ1n) is 10.5. The number of nitrogens with zero attached hydrogens (tertiary/aromatic N) is 4. The number of ether oxygens (including phenoxy) is 2. The molecule has 1 aliphatic heterocycles. The van der Waals surface area contributed by atoms with E-state index in [1.165, 1.54) is 0 Å². The lowest BCUT2D eigenvalue weighted by atomic mass is 10.1. The zero-order valence-electron chi connectivity index (χ0n) is 17.8. The molecule has 164 valence electrons. The Hall–Kier alpha value is -4.00. The Balaban J connectivity index is 1.48. The molecule has 1 aliphatic carbocycles. The summed E-state index contributed by atoms with van der Waals surface area (Å²) in [6, 6.07) is 7.26. The number of hydrogen-bond acceptors (Lipinski definition) is 8. The zero-order chi connectivity index (χ0) is 22.2. The third-order valence-electron chi connectivity index (χ3n) is 5.76. The molecule has 3 heterocycles.